The number of amides is 3. The molecule has 54 heavy (non-hydrogen) atoms. The van der Waals surface area contributed by atoms with E-state index in [4.69, 9.17) is 25.2 Å². The van der Waals surface area contributed by atoms with E-state index in [0.29, 0.717) is 40.9 Å². The Morgan fingerprint density at radius 3 is 2.37 bits per heavy atom. The number of rotatable bonds is 12. The number of aromatic nitrogens is 2. The minimum absolute atomic E-state index is 0.00749. The van der Waals surface area contributed by atoms with Gasteiger partial charge in [0.05, 0.1) is 35.7 Å². The first-order valence-electron chi connectivity index (χ1n) is 18.3. The van der Waals surface area contributed by atoms with Crippen molar-refractivity contribution in [3.63, 3.8) is 0 Å². The van der Waals surface area contributed by atoms with Gasteiger partial charge in [-0.25, -0.2) is 18.4 Å². The van der Waals surface area contributed by atoms with Gasteiger partial charge >= 0.3 is 0 Å². The van der Waals surface area contributed by atoms with Crippen molar-refractivity contribution in [1.29, 1.82) is 0 Å². The lowest BCUT2D eigenvalue weighted by molar-refractivity contribution is -0.142. The third kappa shape index (κ3) is 7.10. The maximum Gasteiger partial charge on any atom is 0.259 e. The highest BCUT2D eigenvalue weighted by Crippen LogP contribution is 2.48. The normalized spacial score (nSPS) is 25.3. The number of hydrogen-bond donors (Lipinski definition) is 3. The second kappa shape index (κ2) is 13.6. The summed E-state index contributed by atoms with van der Waals surface area (Å²) in [6.07, 6.45) is 2.63. The lowest BCUT2D eigenvalue weighted by atomic mass is 9.86. The molecule has 1 saturated heterocycles. The fraction of sp³-hybridized carbons (Fsp3) is 0.564. The maximum atomic E-state index is 14.4. The molecule has 3 amide bonds. The molecule has 6 rings (SSSR count). The molecule has 2 aromatic heterocycles. The molecular weight excluding hydrogens is 729 g/mol. The molecule has 292 valence electrons. The number of likely N-dealkylation sites (tertiary alicyclic amines) is 1. The molecule has 13 nitrogen and oxygen atoms in total. The molecule has 15 heteroatoms. The van der Waals surface area contributed by atoms with Crippen molar-refractivity contribution >= 4 is 50.0 Å². The molecule has 0 radical (unpaired) electrons. The number of ether oxygens (including phenoxy) is 2. The van der Waals surface area contributed by atoms with E-state index in [1.54, 1.807) is 14.0 Å². The lowest BCUT2D eigenvalue weighted by Gasteiger charge is -2.33. The number of nitrogens with one attached hydrogen (secondary N) is 2. The predicted molar refractivity (Wildman–Crippen MR) is 209 cm³/mol. The Morgan fingerprint density at radius 1 is 1.13 bits per heavy atom. The van der Waals surface area contributed by atoms with Gasteiger partial charge in [0, 0.05) is 34.7 Å². The zero-order valence-electron chi connectivity index (χ0n) is 32.5. The summed E-state index contributed by atoms with van der Waals surface area (Å²) in [5, 5.41) is 6.30. The van der Waals surface area contributed by atoms with Crippen LogP contribution in [0.2, 0.25) is 0 Å². The van der Waals surface area contributed by atoms with Crippen molar-refractivity contribution in [2.45, 2.75) is 115 Å². The second-order valence-electron chi connectivity index (χ2n) is 17.0. The van der Waals surface area contributed by atoms with Gasteiger partial charge < -0.3 is 25.4 Å². The van der Waals surface area contributed by atoms with Crippen LogP contribution >= 0.6 is 11.3 Å². The summed E-state index contributed by atoms with van der Waals surface area (Å²) < 4.78 is 39.8. The Bertz CT molecular complexity index is 2140. The fourth-order valence-electron chi connectivity index (χ4n) is 6.99. The zero-order valence-corrected chi connectivity index (χ0v) is 34.2. The number of methoxy groups -OCH3 is 1. The number of nitrogens with zero attached hydrogens (tertiary/aromatic N) is 3. The highest BCUT2D eigenvalue weighted by Gasteiger charge is 2.63. The van der Waals surface area contributed by atoms with E-state index >= 15 is 0 Å². The summed E-state index contributed by atoms with van der Waals surface area (Å²) in [6.45, 7) is 18.9. The van der Waals surface area contributed by atoms with Crippen LogP contribution in [0.15, 0.2) is 36.2 Å². The number of aryl methyl sites for hydroxylation is 1. The van der Waals surface area contributed by atoms with Crippen molar-refractivity contribution in [3.05, 3.63) is 47.5 Å². The molecule has 0 spiro atoms. The molecular formula is C39H52N6O7S2. The first-order valence-corrected chi connectivity index (χ1v) is 20.7. The van der Waals surface area contributed by atoms with E-state index in [0.717, 1.165) is 16.3 Å². The van der Waals surface area contributed by atoms with Crippen molar-refractivity contribution in [3.8, 4) is 22.2 Å². The lowest BCUT2D eigenvalue weighted by Crippen LogP contribution is -2.59. The van der Waals surface area contributed by atoms with Gasteiger partial charge in [0.15, 0.2) is 0 Å². The van der Waals surface area contributed by atoms with E-state index in [1.165, 1.54) is 22.3 Å². The molecule has 1 aromatic carbocycles. The predicted octanol–water partition coefficient (Wildman–Crippen LogP) is 4.97. The largest absolute Gasteiger partial charge is 0.496 e. The van der Waals surface area contributed by atoms with E-state index in [2.05, 4.69) is 30.5 Å². The van der Waals surface area contributed by atoms with Crippen LogP contribution in [-0.2, 0) is 24.4 Å². The molecule has 0 bridgehead atoms. The molecule has 5 unspecified atom stereocenters. The van der Waals surface area contributed by atoms with Gasteiger partial charge in [-0.2, -0.15) is 0 Å². The van der Waals surface area contributed by atoms with Crippen LogP contribution in [-0.4, -0.2) is 82.6 Å². The zero-order chi connectivity index (χ0) is 39.8. The van der Waals surface area contributed by atoms with E-state index in [9.17, 15) is 22.8 Å². The van der Waals surface area contributed by atoms with Crippen LogP contribution < -0.4 is 25.2 Å². The van der Waals surface area contributed by atoms with Gasteiger partial charge in [-0.15, -0.1) is 17.9 Å². The number of thiazole rings is 1. The average Bonchev–Trinajstić information content (AvgIpc) is 3.91. The van der Waals surface area contributed by atoms with Gasteiger partial charge in [-0.3, -0.25) is 19.1 Å². The molecule has 2 saturated carbocycles. The van der Waals surface area contributed by atoms with Crippen LogP contribution in [0, 0.1) is 18.3 Å². The Morgan fingerprint density at radius 2 is 1.81 bits per heavy atom. The molecule has 1 aliphatic heterocycles. The average molecular weight is 781 g/mol. The smallest absolute Gasteiger partial charge is 0.259 e. The number of sulfonamides is 1. The Kier molecular flexibility index (Phi) is 9.97. The summed E-state index contributed by atoms with van der Waals surface area (Å²) in [6, 6.07) is 3.50. The number of carbonyl (C=O) groups is 3. The number of carbonyl (C=O) groups excluding carboxylic acids is 3. The molecule has 3 fully saturated rings. The van der Waals surface area contributed by atoms with Crippen LogP contribution in [0.25, 0.3) is 21.6 Å². The molecule has 3 aromatic rings. The van der Waals surface area contributed by atoms with E-state index in [1.807, 2.05) is 58.2 Å². The number of nitrogens with two attached hydrogens (primary N) is 1. The number of fused-ring (bicyclic) bond motifs is 1. The molecule has 4 N–H and O–H groups in total. The first-order chi connectivity index (χ1) is 25.1. The van der Waals surface area contributed by atoms with Gasteiger partial charge in [0.1, 0.15) is 39.4 Å². The van der Waals surface area contributed by atoms with Gasteiger partial charge in [-0.1, -0.05) is 40.7 Å². The van der Waals surface area contributed by atoms with Gasteiger partial charge in [-0.05, 0) is 63.5 Å². The van der Waals surface area contributed by atoms with Crippen molar-refractivity contribution in [2.75, 3.05) is 13.7 Å². The van der Waals surface area contributed by atoms with E-state index < -0.39 is 67.0 Å². The number of hydrogen-bond acceptors (Lipinski definition) is 11. The minimum atomic E-state index is -3.98. The monoisotopic (exact) mass is 780 g/mol. The van der Waals surface area contributed by atoms with Gasteiger partial charge in [0.2, 0.25) is 21.8 Å². The fourth-order valence-corrected chi connectivity index (χ4v) is 9.24. The first kappa shape index (κ1) is 39.6. The Labute approximate surface area is 321 Å². The second-order valence-corrected chi connectivity index (χ2v) is 20.1. The number of benzene rings is 1. The Hall–Kier alpha value is -4.08. The molecule has 3 heterocycles. The summed E-state index contributed by atoms with van der Waals surface area (Å²) in [5.41, 5.74) is 6.27. The third-order valence-corrected chi connectivity index (χ3v) is 14.3. The molecule has 3 aliphatic rings. The molecule has 2 aliphatic carbocycles. The highest BCUT2D eigenvalue weighted by atomic mass is 32.2. The quantitative estimate of drug-likeness (QED) is 0.212. The summed E-state index contributed by atoms with van der Waals surface area (Å²) in [7, 11) is -2.38. The molecule has 5 atom stereocenters. The number of pyridine rings is 1. The highest BCUT2D eigenvalue weighted by molar-refractivity contribution is 7.91. The SMILES string of the molecule is C=CC1CC1(NC(=O)C1CC(C)(Oc2cc(-c3nc(C(C)C)cs3)nc3c(C)c(OC)ccc23)CN1C(=O)C(N)C(C)(C)C)C(=O)NS(=O)(=O)C1(C)CC1. The van der Waals surface area contributed by atoms with Crippen LogP contribution in [0.3, 0.4) is 0 Å². The van der Waals surface area contributed by atoms with Crippen LogP contribution in [0.4, 0.5) is 0 Å². The van der Waals surface area contributed by atoms with Gasteiger partial charge in [0.25, 0.3) is 5.91 Å². The third-order valence-electron chi connectivity index (χ3n) is 11.2. The summed E-state index contributed by atoms with van der Waals surface area (Å²) in [4.78, 5) is 53.5. The Balaban J connectivity index is 1.36. The minimum Gasteiger partial charge on any atom is -0.496 e. The van der Waals surface area contributed by atoms with Crippen LogP contribution in [0.5, 0.6) is 11.5 Å². The summed E-state index contributed by atoms with van der Waals surface area (Å²) >= 11 is 1.49. The van der Waals surface area contributed by atoms with Crippen molar-refractivity contribution in [1.82, 2.24) is 24.9 Å². The van der Waals surface area contributed by atoms with Crippen molar-refractivity contribution < 1.29 is 32.3 Å². The van der Waals surface area contributed by atoms with E-state index in [-0.39, 0.29) is 25.3 Å². The summed E-state index contributed by atoms with van der Waals surface area (Å²) in [5.74, 6) is -1.01. The van der Waals surface area contributed by atoms with Crippen LogP contribution in [0.1, 0.15) is 91.3 Å². The van der Waals surface area contributed by atoms with Crippen molar-refractivity contribution in [2.24, 2.45) is 17.1 Å². The topological polar surface area (TPSA) is 183 Å². The standard InChI is InChI=1S/C39H52N6O7S2/c1-11-23-17-39(23,35(48)44-54(49,50)38(9)14-15-38)43-32(46)27-18-37(8,20-45(27)34(47)31(40)36(5,6)7)52-29-16-25(33-42-26(19-53-33)21(2)3)41-30-22(4)28(51-10)13-12-24(29)30/h11-13,16,19,21,23,27,31H,1,14-15,17-18,20,40H2,2-10H3,(H,43,46)(H,44,48). The maximum absolute atomic E-state index is 14.4.